The third-order valence-electron chi connectivity index (χ3n) is 5.00. The molecule has 3 aromatic rings. The Hall–Kier alpha value is -1.74. The van der Waals surface area contributed by atoms with Gasteiger partial charge in [-0.05, 0) is 43.2 Å². The van der Waals surface area contributed by atoms with E-state index < -0.39 is 26.7 Å². The molecule has 0 aliphatic carbocycles. The van der Waals surface area contributed by atoms with E-state index in [1.165, 1.54) is 41.7 Å². The van der Waals surface area contributed by atoms with Crippen molar-refractivity contribution in [2.75, 3.05) is 18.0 Å². The first-order valence-corrected chi connectivity index (χ1v) is 12.3. The van der Waals surface area contributed by atoms with Crippen molar-refractivity contribution < 1.29 is 17.2 Å². The van der Waals surface area contributed by atoms with Gasteiger partial charge in [0.15, 0.2) is 15.0 Å². The number of sulfone groups is 1. The molecule has 1 aliphatic heterocycles. The first kappa shape index (κ1) is 21.5. The van der Waals surface area contributed by atoms with Gasteiger partial charge in [-0.3, -0.25) is 0 Å². The Morgan fingerprint density at radius 2 is 1.70 bits per heavy atom. The molecule has 2 heterocycles. The molecule has 0 amide bonds. The molecule has 1 fully saturated rings. The molecule has 0 atom stereocenters. The first-order valence-electron chi connectivity index (χ1n) is 9.10. The van der Waals surface area contributed by atoms with Gasteiger partial charge in [0.25, 0.3) is 0 Å². The van der Waals surface area contributed by atoms with Gasteiger partial charge in [0, 0.05) is 35.1 Å². The zero-order valence-corrected chi connectivity index (χ0v) is 18.6. The molecule has 4 nitrogen and oxygen atoms in total. The van der Waals surface area contributed by atoms with Gasteiger partial charge in [-0.15, -0.1) is 11.3 Å². The van der Waals surface area contributed by atoms with Crippen LogP contribution in [0.2, 0.25) is 10.0 Å². The molecule has 0 radical (unpaired) electrons. The number of benzene rings is 2. The maximum Gasteiger partial charge on any atom is 0.185 e. The third-order valence-corrected chi connectivity index (χ3v) is 8.88. The van der Waals surface area contributed by atoms with Crippen molar-refractivity contribution in [3.63, 3.8) is 0 Å². The Bertz CT molecular complexity index is 1170. The van der Waals surface area contributed by atoms with Crippen molar-refractivity contribution in [2.45, 2.75) is 23.0 Å². The quantitative estimate of drug-likeness (QED) is 0.462. The summed E-state index contributed by atoms with van der Waals surface area (Å²) in [5, 5.41) is 2.38. The van der Waals surface area contributed by atoms with Crippen LogP contribution in [-0.2, 0) is 9.84 Å². The summed E-state index contributed by atoms with van der Waals surface area (Å²) in [5.74, 6) is -1.32. The second kappa shape index (κ2) is 8.42. The van der Waals surface area contributed by atoms with E-state index in [9.17, 15) is 17.2 Å². The van der Waals surface area contributed by atoms with E-state index >= 15 is 0 Å². The number of nitrogens with zero attached hydrogens (tertiary/aromatic N) is 2. The minimum absolute atomic E-state index is 0.0942. The van der Waals surface area contributed by atoms with Crippen molar-refractivity contribution in [1.82, 2.24) is 4.98 Å². The zero-order valence-electron chi connectivity index (χ0n) is 15.5. The molecule has 10 heteroatoms. The predicted octanol–water partition coefficient (Wildman–Crippen LogP) is 5.84. The highest BCUT2D eigenvalue weighted by Gasteiger charge is 2.33. The summed E-state index contributed by atoms with van der Waals surface area (Å²) in [4.78, 5) is 6.56. The largest absolute Gasteiger partial charge is 0.348 e. The second-order valence-electron chi connectivity index (χ2n) is 6.98. The van der Waals surface area contributed by atoms with Crippen molar-refractivity contribution in [3.8, 4) is 11.3 Å². The van der Waals surface area contributed by atoms with Crippen LogP contribution in [0.5, 0.6) is 0 Å². The number of hydrogen-bond donors (Lipinski definition) is 0. The monoisotopic (exact) mass is 488 g/mol. The Morgan fingerprint density at radius 1 is 1.03 bits per heavy atom. The number of aromatic nitrogens is 1. The highest BCUT2D eigenvalue weighted by atomic mass is 35.5. The standard InChI is InChI=1S/C20H16Cl2F2N2O2S2/c21-13-1-2-19(17(22)9-13)30(27,28)16-3-5-26(6-4-16)20-25-18(11-29-20)12-7-14(23)10-15(24)8-12/h1-2,7-11,16H,3-6H2. The van der Waals surface area contributed by atoms with Crippen molar-refractivity contribution >= 4 is 49.5 Å². The summed E-state index contributed by atoms with van der Waals surface area (Å²) in [6.45, 7) is 0.999. The lowest BCUT2D eigenvalue weighted by Crippen LogP contribution is -2.39. The number of thiazole rings is 1. The zero-order chi connectivity index (χ0) is 21.5. The molecule has 1 aromatic heterocycles. The summed E-state index contributed by atoms with van der Waals surface area (Å²) in [6, 6.07) is 7.67. The lowest BCUT2D eigenvalue weighted by atomic mass is 10.1. The van der Waals surface area contributed by atoms with Crippen LogP contribution >= 0.6 is 34.5 Å². The lowest BCUT2D eigenvalue weighted by molar-refractivity contribution is 0.529. The summed E-state index contributed by atoms with van der Waals surface area (Å²) in [5.41, 5.74) is 0.848. The third kappa shape index (κ3) is 4.32. The van der Waals surface area contributed by atoms with Gasteiger partial charge in [-0.2, -0.15) is 0 Å². The Kier molecular flexibility index (Phi) is 6.03. The molecular formula is C20H16Cl2F2N2O2S2. The molecule has 0 spiro atoms. The highest BCUT2D eigenvalue weighted by Crippen LogP contribution is 2.34. The molecule has 1 aliphatic rings. The van der Waals surface area contributed by atoms with Gasteiger partial charge >= 0.3 is 0 Å². The van der Waals surface area contributed by atoms with Crippen LogP contribution in [0.4, 0.5) is 13.9 Å². The summed E-state index contributed by atoms with van der Waals surface area (Å²) >= 11 is 13.3. The van der Waals surface area contributed by atoms with E-state index in [-0.39, 0.29) is 9.92 Å². The van der Waals surface area contributed by atoms with E-state index in [2.05, 4.69) is 4.98 Å². The van der Waals surface area contributed by atoms with Crippen LogP contribution in [0.1, 0.15) is 12.8 Å². The van der Waals surface area contributed by atoms with Gasteiger partial charge < -0.3 is 4.90 Å². The average molecular weight is 489 g/mol. The van der Waals surface area contributed by atoms with Gasteiger partial charge in [0.2, 0.25) is 0 Å². The van der Waals surface area contributed by atoms with Crippen molar-refractivity contribution in [3.05, 3.63) is 63.5 Å². The lowest BCUT2D eigenvalue weighted by Gasteiger charge is -2.31. The SMILES string of the molecule is O=S(=O)(c1ccc(Cl)cc1Cl)C1CCN(c2nc(-c3cc(F)cc(F)c3)cs2)CC1. The van der Waals surface area contributed by atoms with Gasteiger partial charge in [-0.25, -0.2) is 22.2 Å². The molecule has 0 bridgehead atoms. The molecule has 158 valence electrons. The number of rotatable bonds is 4. The minimum atomic E-state index is -3.58. The maximum absolute atomic E-state index is 13.5. The van der Waals surface area contributed by atoms with E-state index in [0.29, 0.717) is 47.3 Å². The van der Waals surface area contributed by atoms with Crippen LogP contribution in [0.25, 0.3) is 11.3 Å². The minimum Gasteiger partial charge on any atom is -0.348 e. The van der Waals surface area contributed by atoms with Crippen LogP contribution < -0.4 is 4.90 Å². The van der Waals surface area contributed by atoms with E-state index in [0.717, 1.165) is 6.07 Å². The molecule has 0 unspecified atom stereocenters. The molecule has 2 aromatic carbocycles. The topological polar surface area (TPSA) is 50.3 Å². The molecule has 0 N–H and O–H groups in total. The summed E-state index contributed by atoms with van der Waals surface area (Å²) in [6.07, 6.45) is 0.843. The van der Waals surface area contributed by atoms with Crippen LogP contribution in [0, 0.1) is 11.6 Å². The summed E-state index contributed by atoms with van der Waals surface area (Å²) in [7, 11) is -3.58. The maximum atomic E-state index is 13.5. The smallest absolute Gasteiger partial charge is 0.185 e. The predicted molar refractivity (Wildman–Crippen MR) is 116 cm³/mol. The Morgan fingerprint density at radius 3 is 2.33 bits per heavy atom. The van der Waals surface area contributed by atoms with E-state index in [1.54, 1.807) is 5.38 Å². The van der Waals surface area contributed by atoms with Gasteiger partial charge in [0.05, 0.1) is 20.9 Å². The fraction of sp³-hybridized carbons (Fsp3) is 0.250. The van der Waals surface area contributed by atoms with Crippen molar-refractivity contribution in [1.29, 1.82) is 0 Å². The van der Waals surface area contributed by atoms with Crippen LogP contribution in [0.15, 0.2) is 46.7 Å². The molecule has 1 saturated heterocycles. The first-order chi connectivity index (χ1) is 14.2. The average Bonchev–Trinajstić information content (AvgIpc) is 3.17. The number of piperidine rings is 1. The highest BCUT2D eigenvalue weighted by molar-refractivity contribution is 7.92. The Labute approximate surface area is 187 Å². The van der Waals surface area contributed by atoms with Gasteiger partial charge in [-0.1, -0.05) is 23.2 Å². The van der Waals surface area contributed by atoms with Crippen LogP contribution in [-0.4, -0.2) is 31.7 Å². The van der Waals surface area contributed by atoms with Crippen molar-refractivity contribution in [2.24, 2.45) is 0 Å². The number of halogens is 4. The van der Waals surface area contributed by atoms with Gasteiger partial charge in [0.1, 0.15) is 11.6 Å². The fourth-order valence-corrected chi connectivity index (χ4v) is 6.89. The Balaban J connectivity index is 1.48. The van der Waals surface area contributed by atoms with E-state index in [4.69, 9.17) is 23.2 Å². The molecule has 30 heavy (non-hydrogen) atoms. The van der Waals surface area contributed by atoms with Crippen LogP contribution in [0.3, 0.4) is 0 Å². The molecule has 4 rings (SSSR count). The second-order valence-corrected chi connectivity index (χ2v) is 10.9. The number of anilines is 1. The molecule has 0 saturated carbocycles. The number of hydrogen-bond acceptors (Lipinski definition) is 5. The summed E-state index contributed by atoms with van der Waals surface area (Å²) < 4.78 is 52.9. The fourth-order valence-electron chi connectivity index (χ4n) is 3.49. The van der Waals surface area contributed by atoms with E-state index in [1.807, 2.05) is 4.90 Å². The molecular weight excluding hydrogens is 473 g/mol. The normalized spacial score (nSPS) is 15.5.